The Kier molecular flexibility index (Phi) is 4.76. The molecule has 126 valence electrons. The lowest BCUT2D eigenvalue weighted by Crippen LogP contribution is -1.88. The molecule has 0 radical (unpaired) electrons. The molecule has 0 aliphatic heterocycles. The highest BCUT2D eigenvalue weighted by molar-refractivity contribution is 6.50. The van der Waals surface area contributed by atoms with Gasteiger partial charge in [0.1, 0.15) is 10.8 Å². The highest BCUT2D eigenvalue weighted by Gasteiger charge is 2.13. The van der Waals surface area contributed by atoms with Gasteiger partial charge in [0, 0.05) is 17.7 Å². The van der Waals surface area contributed by atoms with Crippen LogP contribution in [0.3, 0.4) is 0 Å². The largest absolute Gasteiger partial charge is 0.497 e. The van der Waals surface area contributed by atoms with E-state index in [-0.39, 0.29) is 16.6 Å². The molecule has 0 amide bonds. The number of nitro benzene ring substituents is 1. The van der Waals surface area contributed by atoms with E-state index in [1.807, 2.05) is 12.1 Å². The Hall–Kier alpha value is -3.19. The van der Waals surface area contributed by atoms with Crippen molar-refractivity contribution in [2.24, 2.45) is 0 Å². The number of hydrogen-bond donors (Lipinski definition) is 0. The van der Waals surface area contributed by atoms with Crippen molar-refractivity contribution >= 4 is 28.4 Å². The third-order valence-electron chi connectivity index (χ3n) is 3.33. The van der Waals surface area contributed by atoms with Gasteiger partial charge in [-0.05, 0) is 23.8 Å². The summed E-state index contributed by atoms with van der Waals surface area (Å²) in [5.74, 6) is 1.15. The number of nitro groups is 1. The van der Waals surface area contributed by atoms with E-state index in [1.165, 1.54) is 18.2 Å². The van der Waals surface area contributed by atoms with Gasteiger partial charge in [-0.25, -0.2) is 0 Å². The van der Waals surface area contributed by atoms with Crippen LogP contribution in [0.5, 0.6) is 5.75 Å². The van der Waals surface area contributed by atoms with Gasteiger partial charge >= 0.3 is 0 Å². The molecule has 0 fully saturated rings. The molecule has 0 aliphatic rings. The standard InChI is InChI=1S/C17H12ClN3O4/c1-24-14-7-3-5-12(10-14)16-19-17(25-20-16)15(18)9-11-4-2-6-13(8-11)21(22)23/h2-10H,1H3/b15-9-. The molecule has 0 spiro atoms. The first-order valence-electron chi connectivity index (χ1n) is 7.17. The van der Waals surface area contributed by atoms with Crippen LogP contribution < -0.4 is 4.74 Å². The zero-order valence-corrected chi connectivity index (χ0v) is 13.8. The van der Waals surface area contributed by atoms with Gasteiger partial charge in [-0.1, -0.05) is 41.0 Å². The fraction of sp³-hybridized carbons (Fsp3) is 0.0588. The number of ether oxygens (including phenoxy) is 1. The summed E-state index contributed by atoms with van der Waals surface area (Å²) in [7, 11) is 1.57. The number of benzene rings is 2. The fourth-order valence-electron chi connectivity index (χ4n) is 2.14. The summed E-state index contributed by atoms with van der Waals surface area (Å²) in [5, 5.41) is 14.9. The summed E-state index contributed by atoms with van der Waals surface area (Å²) < 4.78 is 10.3. The average Bonchev–Trinajstić information content (AvgIpc) is 3.12. The minimum atomic E-state index is -0.473. The number of halogens is 1. The first-order valence-corrected chi connectivity index (χ1v) is 7.55. The van der Waals surface area contributed by atoms with Crippen molar-refractivity contribution in [2.75, 3.05) is 7.11 Å². The summed E-state index contributed by atoms with van der Waals surface area (Å²) in [6.45, 7) is 0. The lowest BCUT2D eigenvalue weighted by atomic mass is 10.2. The summed E-state index contributed by atoms with van der Waals surface area (Å²) >= 11 is 6.20. The Morgan fingerprint density at radius 1 is 1.28 bits per heavy atom. The van der Waals surface area contributed by atoms with Crippen LogP contribution in [0.2, 0.25) is 0 Å². The first-order chi connectivity index (χ1) is 12.1. The van der Waals surface area contributed by atoms with Gasteiger partial charge in [0.15, 0.2) is 0 Å². The van der Waals surface area contributed by atoms with E-state index in [1.54, 1.807) is 31.4 Å². The molecular formula is C17H12ClN3O4. The van der Waals surface area contributed by atoms with Crippen LogP contribution in [0.4, 0.5) is 5.69 Å². The molecule has 0 saturated carbocycles. The molecule has 0 N–H and O–H groups in total. The van der Waals surface area contributed by atoms with Crippen molar-refractivity contribution < 1.29 is 14.2 Å². The Balaban J connectivity index is 1.88. The van der Waals surface area contributed by atoms with Crippen LogP contribution in [0.15, 0.2) is 53.1 Å². The normalized spacial score (nSPS) is 11.4. The lowest BCUT2D eigenvalue weighted by molar-refractivity contribution is -0.384. The Labute approximate surface area is 147 Å². The molecule has 1 aromatic heterocycles. The molecule has 0 bridgehead atoms. The molecule has 25 heavy (non-hydrogen) atoms. The topological polar surface area (TPSA) is 91.3 Å². The quantitative estimate of drug-likeness (QED) is 0.496. The Morgan fingerprint density at radius 3 is 2.84 bits per heavy atom. The van der Waals surface area contributed by atoms with E-state index < -0.39 is 4.92 Å². The number of hydrogen-bond acceptors (Lipinski definition) is 6. The van der Waals surface area contributed by atoms with Crippen LogP contribution >= 0.6 is 11.6 Å². The molecule has 8 heteroatoms. The number of non-ortho nitro benzene ring substituents is 1. The summed E-state index contributed by atoms with van der Waals surface area (Å²) in [6.07, 6.45) is 1.53. The molecule has 7 nitrogen and oxygen atoms in total. The maximum atomic E-state index is 10.8. The van der Waals surface area contributed by atoms with Gasteiger partial charge < -0.3 is 9.26 Å². The van der Waals surface area contributed by atoms with Gasteiger partial charge in [0.2, 0.25) is 5.82 Å². The van der Waals surface area contributed by atoms with Crippen LogP contribution in [0.25, 0.3) is 22.5 Å². The van der Waals surface area contributed by atoms with Gasteiger partial charge in [0.05, 0.1) is 12.0 Å². The number of methoxy groups -OCH3 is 1. The third-order valence-corrected chi connectivity index (χ3v) is 3.60. The first kappa shape index (κ1) is 16.7. The Morgan fingerprint density at radius 2 is 2.08 bits per heavy atom. The minimum absolute atomic E-state index is 0.0270. The van der Waals surface area contributed by atoms with E-state index in [4.69, 9.17) is 20.9 Å². The predicted octanol–water partition coefficient (Wildman–Crippen LogP) is 4.39. The van der Waals surface area contributed by atoms with Crippen LogP contribution in [0.1, 0.15) is 11.5 Å². The van der Waals surface area contributed by atoms with E-state index in [0.29, 0.717) is 22.7 Å². The van der Waals surface area contributed by atoms with Crippen molar-refractivity contribution in [3.05, 3.63) is 70.1 Å². The maximum absolute atomic E-state index is 10.8. The fourth-order valence-corrected chi connectivity index (χ4v) is 2.34. The van der Waals surface area contributed by atoms with E-state index in [2.05, 4.69) is 10.1 Å². The highest BCUT2D eigenvalue weighted by atomic mass is 35.5. The minimum Gasteiger partial charge on any atom is -0.497 e. The molecule has 1 heterocycles. The smallest absolute Gasteiger partial charge is 0.270 e. The van der Waals surface area contributed by atoms with Crippen LogP contribution in [0, 0.1) is 10.1 Å². The second-order valence-corrected chi connectivity index (χ2v) is 5.41. The van der Waals surface area contributed by atoms with Crippen LogP contribution in [-0.4, -0.2) is 22.2 Å². The van der Waals surface area contributed by atoms with E-state index in [9.17, 15) is 10.1 Å². The molecule has 0 saturated heterocycles. The van der Waals surface area contributed by atoms with E-state index >= 15 is 0 Å². The third kappa shape index (κ3) is 3.84. The zero-order valence-electron chi connectivity index (χ0n) is 13.0. The molecule has 2 aromatic carbocycles. The summed E-state index contributed by atoms with van der Waals surface area (Å²) in [5.41, 5.74) is 1.25. The summed E-state index contributed by atoms with van der Waals surface area (Å²) in [6, 6.07) is 13.3. The van der Waals surface area contributed by atoms with Gasteiger partial charge in [0.25, 0.3) is 11.6 Å². The summed E-state index contributed by atoms with van der Waals surface area (Å²) in [4.78, 5) is 14.6. The van der Waals surface area contributed by atoms with Crippen molar-refractivity contribution in [1.29, 1.82) is 0 Å². The number of nitrogens with zero attached hydrogens (tertiary/aromatic N) is 3. The monoisotopic (exact) mass is 357 g/mol. The lowest BCUT2D eigenvalue weighted by Gasteiger charge is -1.99. The zero-order chi connectivity index (χ0) is 17.8. The van der Waals surface area contributed by atoms with Crippen LogP contribution in [-0.2, 0) is 0 Å². The second-order valence-electron chi connectivity index (χ2n) is 5.00. The number of rotatable bonds is 5. The number of aromatic nitrogens is 2. The molecular weight excluding hydrogens is 346 g/mol. The average molecular weight is 358 g/mol. The molecule has 0 unspecified atom stereocenters. The molecule has 3 rings (SSSR count). The maximum Gasteiger partial charge on any atom is 0.270 e. The van der Waals surface area contributed by atoms with Gasteiger partial charge in [-0.15, -0.1) is 0 Å². The Bertz CT molecular complexity index is 952. The SMILES string of the molecule is COc1cccc(-c2noc(/C(Cl)=C/c3cccc([N+](=O)[O-])c3)n2)c1. The molecule has 0 aliphatic carbocycles. The van der Waals surface area contributed by atoms with Crippen molar-refractivity contribution in [2.45, 2.75) is 0 Å². The van der Waals surface area contributed by atoms with Crippen molar-refractivity contribution in [3.8, 4) is 17.1 Å². The predicted molar refractivity (Wildman–Crippen MR) is 93.1 cm³/mol. The second kappa shape index (κ2) is 7.14. The van der Waals surface area contributed by atoms with Gasteiger partial charge in [-0.2, -0.15) is 4.98 Å². The van der Waals surface area contributed by atoms with E-state index in [0.717, 1.165) is 0 Å². The molecule has 3 aromatic rings. The molecule has 0 atom stereocenters. The van der Waals surface area contributed by atoms with Crippen molar-refractivity contribution in [3.63, 3.8) is 0 Å². The van der Waals surface area contributed by atoms with Gasteiger partial charge in [-0.3, -0.25) is 10.1 Å². The van der Waals surface area contributed by atoms with Crippen molar-refractivity contribution in [1.82, 2.24) is 10.1 Å². The highest BCUT2D eigenvalue weighted by Crippen LogP contribution is 2.26.